The Morgan fingerprint density at radius 1 is 1.26 bits per heavy atom. The summed E-state index contributed by atoms with van der Waals surface area (Å²) in [5.74, 6) is 1.68. The first-order chi connectivity index (χ1) is 11.3. The third-order valence-electron chi connectivity index (χ3n) is 4.45. The van der Waals surface area contributed by atoms with E-state index in [1.54, 1.807) is 7.11 Å². The van der Waals surface area contributed by atoms with Gasteiger partial charge in [-0.3, -0.25) is 9.58 Å². The lowest BCUT2D eigenvalue weighted by Gasteiger charge is -2.34. The second-order valence-corrected chi connectivity index (χ2v) is 6.06. The van der Waals surface area contributed by atoms with Gasteiger partial charge in [0.1, 0.15) is 0 Å². The largest absolute Gasteiger partial charge is 0.454 e. The van der Waals surface area contributed by atoms with Crippen molar-refractivity contribution in [1.29, 1.82) is 0 Å². The minimum atomic E-state index is 0.320. The molecule has 0 radical (unpaired) electrons. The van der Waals surface area contributed by atoms with Crippen LogP contribution in [0.3, 0.4) is 0 Å². The van der Waals surface area contributed by atoms with E-state index >= 15 is 0 Å². The van der Waals surface area contributed by atoms with Crippen molar-refractivity contribution >= 4 is 0 Å². The highest BCUT2D eigenvalue weighted by Gasteiger charge is 2.25. The van der Waals surface area contributed by atoms with Gasteiger partial charge in [0.2, 0.25) is 6.79 Å². The Morgan fingerprint density at radius 3 is 3.09 bits per heavy atom. The minimum Gasteiger partial charge on any atom is -0.454 e. The van der Waals surface area contributed by atoms with Gasteiger partial charge in [0.15, 0.2) is 11.5 Å². The summed E-state index contributed by atoms with van der Waals surface area (Å²) in [7, 11) is 1.75. The lowest BCUT2D eigenvalue weighted by Crippen LogP contribution is -2.37. The van der Waals surface area contributed by atoms with Crippen LogP contribution in [0.2, 0.25) is 0 Å². The molecule has 0 saturated carbocycles. The predicted octanol–water partition coefficient (Wildman–Crippen LogP) is 2.21. The minimum absolute atomic E-state index is 0.320. The van der Waals surface area contributed by atoms with E-state index in [-0.39, 0.29) is 0 Å². The van der Waals surface area contributed by atoms with Crippen LogP contribution in [0.5, 0.6) is 11.5 Å². The maximum Gasteiger partial charge on any atom is 0.231 e. The molecule has 6 nitrogen and oxygen atoms in total. The molecule has 2 aliphatic heterocycles. The van der Waals surface area contributed by atoms with Gasteiger partial charge < -0.3 is 14.2 Å². The Bertz CT molecular complexity index is 685. The fourth-order valence-electron chi connectivity index (χ4n) is 3.35. The Hall–Kier alpha value is -2.05. The maximum atomic E-state index is 5.47. The lowest BCUT2D eigenvalue weighted by atomic mass is 10.1. The third kappa shape index (κ3) is 2.92. The lowest BCUT2D eigenvalue weighted by molar-refractivity contribution is 0.125. The number of fused-ring (bicyclic) bond motifs is 2. The number of hydrogen-bond acceptors (Lipinski definition) is 5. The van der Waals surface area contributed by atoms with Gasteiger partial charge in [0.25, 0.3) is 0 Å². The third-order valence-corrected chi connectivity index (χ3v) is 4.45. The number of aromatic nitrogens is 2. The topological polar surface area (TPSA) is 48.8 Å². The summed E-state index contributed by atoms with van der Waals surface area (Å²) >= 11 is 0. The second kappa shape index (κ2) is 6.22. The van der Waals surface area contributed by atoms with Crippen LogP contribution in [0.1, 0.15) is 23.7 Å². The molecule has 3 heterocycles. The highest BCUT2D eigenvalue weighted by atomic mass is 16.7. The molecule has 0 amide bonds. The van der Waals surface area contributed by atoms with Crippen molar-refractivity contribution in [2.24, 2.45) is 0 Å². The summed E-state index contributed by atoms with van der Waals surface area (Å²) in [5.41, 5.74) is 2.51. The molecule has 23 heavy (non-hydrogen) atoms. The summed E-state index contributed by atoms with van der Waals surface area (Å²) in [6.45, 7) is 3.86. The molecule has 0 saturated heterocycles. The number of nitrogens with zero attached hydrogens (tertiary/aromatic N) is 3. The van der Waals surface area contributed by atoms with Gasteiger partial charge in [-0.15, -0.1) is 0 Å². The molecule has 0 aliphatic carbocycles. The van der Waals surface area contributed by atoms with Gasteiger partial charge in [-0.1, -0.05) is 6.07 Å². The smallest absolute Gasteiger partial charge is 0.231 e. The zero-order valence-electron chi connectivity index (χ0n) is 13.3. The molecule has 4 rings (SSSR count). The number of methoxy groups -OCH3 is 1. The molecule has 0 fully saturated rings. The summed E-state index contributed by atoms with van der Waals surface area (Å²) in [6, 6.07) is 8.66. The Labute approximate surface area is 135 Å². The summed E-state index contributed by atoms with van der Waals surface area (Å²) in [6.07, 6.45) is 2.86. The van der Waals surface area contributed by atoms with Crippen LogP contribution in [0, 0.1) is 0 Å². The quantitative estimate of drug-likeness (QED) is 0.846. The molecular formula is C17H21N3O3. The first-order valence-corrected chi connectivity index (χ1v) is 7.95. The molecule has 0 unspecified atom stereocenters. The van der Waals surface area contributed by atoms with Crippen LogP contribution in [-0.2, 0) is 17.8 Å². The first kappa shape index (κ1) is 14.5. The van der Waals surface area contributed by atoms with E-state index in [1.807, 2.05) is 12.3 Å². The van der Waals surface area contributed by atoms with Crippen LogP contribution in [0.15, 0.2) is 30.5 Å². The summed E-state index contributed by atoms with van der Waals surface area (Å²) < 4.78 is 18.3. The molecule has 1 aromatic carbocycles. The fourth-order valence-corrected chi connectivity index (χ4v) is 3.35. The normalized spacial score (nSPS) is 19.8. The van der Waals surface area contributed by atoms with E-state index in [1.165, 1.54) is 11.3 Å². The molecule has 0 bridgehead atoms. The van der Waals surface area contributed by atoms with Crippen molar-refractivity contribution in [3.8, 4) is 11.5 Å². The molecular weight excluding hydrogens is 294 g/mol. The van der Waals surface area contributed by atoms with Crippen LogP contribution in [-0.4, -0.2) is 41.7 Å². The number of rotatable bonds is 5. The van der Waals surface area contributed by atoms with Gasteiger partial charge in [0.05, 0.1) is 11.7 Å². The highest BCUT2D eigenvalue weighted by Crippen LogP contribution is 2.33. The second-order valence-electron chi connectivity index (χ2n) is 6.06. The van der Waals surface area contributed by atoms with Gasteiger partial charge in [-0.2, -0.15) is 5.10 Å². The van der Waals surface area contributed by atoms with E-state index in [2.05, 4.69) is 32.9 Å². The van der Waals surface area contributed by atoms with Gasteiger partial charge in [-0.05, 0) is 30.2 Å². The average Bonchev–Trinajstić information content (AvgIpc) is 3.20. The predicted molar refractivity (Wildman–Crippen MR) is 84.4 cm³/mol. The van der Waals surface area contributed by atoms with Crippen molar-refractivity contribution in [2.75, 3.05) is 27.1 Å². The van der Waals surface area contributed by atoms with E-state index in [0.717, 1.165) is 44.2 Å². The van der Waals surface area contributed by atoms with Gasteiger partial charge in [0, 0.05) is 39.5 Å². The first-order valence-electron chi connectivity index (χ1n) is 7.95. The molecule has 0 N–H and O–H groups in total. The van der Waals surface area contributed by atoms with Crippen LogP contribution in [0.4, 0.5) is 0 Å². The van der Waals surface area contributed by atoms with Crippen LogP contribution >= 0.6 is 0 Å². The van der Waals surface area contributed by atoms with E-state index in [4.69, 9.17) is 14.2 Å². The Kier molecular flexibility index (Phi) is 3.93. The van der Waals surface area contributed by atoms with E-state index in [0.29, 0.717) is 12.8 Å². The number of hydrogen-bond donors (Lipinski definition) is 0. The summed E-state index contributed by atoms with van der Waals surface area (Å²) in [4.78, 5) is 2.45. The van der Waals surface area contributed by atoms with Crippen LogP contribution in [0.25, 0.3) is 0 Å². The average molecular weight is 315 g/mol. The fraction of sp³-hybridized carbons (Fsp3) is 0.471. The molecule has 1 aromatic heterocycles. The van der Waals surface area contributed by atoms with Crippen molar-refractivity contribution in [1.82, 2.24) is 14.7 Å². The molecule has 2 aliphatic rings. The Morgan fingerprint density at radius 2 is 2.17 bits per heavy atom. The van der Waals surface area contributed by atoms with Crippen molar-refractivity contribution in [3.63, 3.8) is 0 Å². The summed E-state index contributed by atoms with van der Waals surface area (Å²) in [5, 5.41) is 4.48. The van der Waals surface area contributed by atoms with Crippen LogP contribution < -0.4 is 9.47 Å². The van der Waals surface area contributed by atoms with E-state index < -0.39 is 0 Å². The molecule has 0 spiro atoms. The molecule has 2 aromatic rings. The zero-order chi connectivity index (χ0) is 15.6. The van der Waals surface area contributed by atoms with Gasteiger partial charge in [-0.25, -0.2) is 0 Å². The molecule has 122 valence electrons. The monoisotopic (exact) mass is 315 g/mol. The van der Waals surface area contributed by atoms with Crippen molar-refractivity contribution in [3.05, 3.63) is 41.7 Å². The van der Waals surface area contributed by atoms with E-state index in [9.17, 15) is 0 Å². The maximum absolute atomic E-state index is 5.47. The standard InChI is InChI=1S/C17H21N3O3/c1-21-7-5-15-11-19(10-14-4-6-18-20(14)15)9-13-2-3-16-17(8-13)23-12-22-16/h2-4,6,8,15H,5,7,9-12H2,1H3/t15-/m1/s1. The SMILES string of the molecule is COCC[C@@H]1CN(Cc2ccc3c(c2)OCO3)Cc2ccnn21. The molecule has 1 atom stereocenters. The molecule has 6 heteroatoms. The number of ether oxygens (including phenoxy) is 3. The van der Waals surface area contributed by atoms with Gasteiger partial charge >= 0.3 is 0 Å². The number of benzene rings is 1. The Balaban J connectivity index is 1.49. The zero-order valence-corrected chi connectivity index (χ0v) is 13.3. The van der Waals surface area contributed by atoms with Crippen molar-refractivity contribution in [2.45, 2.75) is 25.6 Å². The van der Waals surface area contributed by atoms with Crippen molar-refractivity contribution < 1.29 is 14.2 Å². The highest BCUT2D eigenvalue weighted by molar-refractivity contribution is 5.44.